The summed E-state index contributed by atoms with van der Waals surface area (Å²) in [6.07, 6.45) is 1.69. The summed E-state index contributed by atoms with van der Waals surface area (Å²) >= 11 is 7.32. The third-order valence-corrected chi connectivity index (χ3v) is 7.88. The Morgan fingerprint density at radius 2 is 1.41 bits per heavy atom. The Bertz CT molecular complexity index is 1900. The molecule has 1 heterocycles. The number of fused-ring (bicyclic) bond motifs is 1. The quantitative estimate of drug-likeness (QED) is 0.160. The Kier molecular flexibility index (Phi) is 7.82. The second-order valence-electron chi connectivity index (χ2n) is 9.33. The molecule has 4 nitrogen and oxygen atoms in total. The minimum absolute atomic E-state index is 0.258. The van der Waals surface area contributed by atoms with Crippen LogP contribution in [0.4, 0.5) is 5.88 Å². The molecule has 0 aliphatic heterocycles. The molecular formula is C35H22Br2N2O2. The summed E-state index contributed by atoms with van der Waals surface area (Å²) in [6.45, 7) is 0.425. The average molecular weight is 662 g/mol. The van der Waals surface area contributed by atoms with Gasteiger partial charge in [0.05, 0.1) is 8.95 Å². The SMILES string of the molecule is N#Cc1c(N=Cc2cc(Br)c(OCc3cccc4ccccc34)c(Br)c2)oc(-c2ccccc2)c1-c1ccccc1. The zero-order valence-corrected chi connectivity index (χ0v) is 24.9. The summed E-state index contributed by atoms with van der Waals surface area (Å²) in [4.78, 5) is 4.62. The molecule has 0 saturated carbocycles. The second kappa shape index (κ2) is 12.0. The molecule has 1 aromatic heterocycles. The number of hydrogen-bond donors (Lipinski definition) is 0. The third kappa shape index (κ3) is 5.60. The van der Waals surface area contributed by atoms with E-state index in [1.165, 1.54) is 10.8 Å². The molecule has 198 valence electrons. The highest BCUT2D eigenvalue weighted by atomic mass is 79.9. The second-order valence-corrected chi connectivity index (χ2v) is 11.0. The van der Waals surface area contributed by atoms with Crippen LogP contribution in [0.3, 0.4) is 0 Å². The lowest BCUT2D eigenvalue weighted by Crippen LogP contribution is -1.98. The zero-order valence-electron chi connectivity index (χ0n) is 21.7. The molecule has 0 unspecified atom stereocenters. The Morgan fingerprint density at radius 3 is 2.12 bits per heavy atom. The molecule has 5 aromatic carbocycles. The molecule has 0 fully saturated rings. The number of aliphatic imine (C=N–C) groups is 1. The highest BCUT2D eigenvalue weighted by molar-refractivity contribution is 9.11. The monoisotopic (exact) mass is 660 g/mol. The van der Waals surface area contributed by atoms with E-state index in [-0.39, 0.29) is 5.88 Å². The summed E-state index contributed by atoms with van der Waals surface area (Å²) in [5, 5.41) is 12.5. The van der Waals surface area contributed by atoms with Crippen molar-refractivity contribution < 1.29 is 9.15 Å². The maximum Gasteiger partial charge on any atom is 0.238 e. The number of ether oxygens (including phenoxy) is 1. The number of furan rings is 1. The van der Waals surface area contributed by atoms with Gasteiger partial charge in [0.15, 0.2) is 0 Å². The van der Waals surface area contributed by atoms with Gasteiger partial charge in [0.2, 0.25) is 5.88 Å². The molecule has 6 heteroatoms. The molecule has 6 rings (SSSR count). The summed E-state index contributed by atoms with van der Waals surface area (Å²) in [5.41, 5.74) is 4.81. The van der Waals surface area contributed by atoms with Crippen LogP contribution in [-0.2, 0) is 6.61 Å². The number of benzene rings is 5. The molecule has 41 heavy (non-hydrogen) atoms. The first-order chi connectivity index (χ1) is 20.1. The van der Waals surface area contributed by atoms with Crippen LogP contribution in [0, 0.1) is 11.3 Å². The van der Waals surface area contributed by atoms with Gasteiger partial charge in [-0.2, -0.15) is 5.26 Å². The van der Waals surface area contributed by atoms with Crippen molar-refractivity contribution in [2.24, 2.45) is 4.99 Å². The van der Waals surface area contributed by atoms with E-state index in [1.807, 2.05) is 91.0 Å². The molecule has 0 aliphatic rings. The third-order valence-electron chi connectivity index (χ3n) is 6.70. The van der Waals surface area contributed by atoms with Gasteiger partial charge in [0, 0.05) is 17.3 Å². The Hall–Kier alpha value is -4.44. The predicted molar refractivity (Wildman–Crippen MR) is 172 cm³/mol. The highest BCUT2D eigenvalue weighted by Crippen LogP contribution is 2.42. The van der Waals surface area contributed by atoms with Crippen molar-refractivity contribution >= 4 is 54.7 Å². The van der Waals surface area contributed by atoms with Crippen LogP contribution in [0.5, 0.6) is 5.75 Å². The van der Waals surface area contributed by atoms with Gasteiger partial charge in [0.1, 0.15) is 29.7 Å². The summed E-state index contributed by atoms with van der Waals surface area (Å²) < 4.78 is 14.0. The van der Waals surface area contributed by atoms with Crippen LogP contribution in [-0.4, -0.2) is 6.21 Å². The number of hydrogen-bond acceptors (Lipinski definition) is 4. The van der Waals surface area contributed by atoms with E-state index in [0.717, 1.165) is 36.8 Å². The van der Waals surface area contributed by atoms with Crippen molar-refractivity contribution in [3.8, 4) is 34.3 Å². The molecule has 6 aromatic rings. The number of rotatable bonds is 7. The molecular weight excluding hydrogens is 640 g/mol. The van der Waals surface area contributed by atoms with Gasteiger partial charge in [0.25, 0.3) is 0 Å². The van der Waals surface area contributed by atoms with Crippen molar-refractivity contribution in [2.45, 2.75) is 6.61 Å². The maximum absolute atomic E-state index is 10.1. The van der Waals surface area contributed by atoms with Crippen molar-refractivity contribution in [1.82, 2.24) is 0 Å². The van der Waals surface area contributed by atoms with Gasteiger partial charge in [-0.3, -0.25) is 0 Å². The van der Waals surface area contributed by atoms with Gasteiger partial charge in [-0.25, -0.2) is 4.99 Å². The average Bonchev–Trinajstić information content (AvgIpc) is 3.39. The molecule has 0 spiro atoms. The van der Waals surface area contributed by atoms with Gasteiger partial charge < -0.3 is 9.15 Å². The lowest BCUT2D eigenvalue weighted by Gasteiger charge is -2.13. The Morgan fingerprint density at radius 1 is 0.780 bits per heavy atom. The fourth-order valence-electron chi connectivity index (χ4n) is 4.78. The van der Waals surface area contributed by atoms with Gasteiger partial charge >= 0.3 is 0 Å². The minimum Gasteiger partial charge on any atom is -0.487 e. The highest BCUT2D eigenvalue weighted by Gasteiger charge is 2.22. The van der Waals surface area contributed by atoms with E-state index in [2.05, 4.69) is 67.2 Å². The van der Waals surface area contributed by atoms with E-state index >= 15 is 0 Å². The van der Waals surface area contributed by atoms with E-state index in [0.29, 0.717) is 23.7 Å². The van der Waals surface area contributed by atoms with E-state index in [1.54, 1.807) is 6.21 Å². The van der Waals surface area contributed by atoms with Crippen LogP contribution in [0.2, 0.25) is 0 Å². The Balaban J connectivity index is 1.31. The fourth-order valence-corrected chi connectivity index (χ4v) is 6.23. The van der Waals surface area contributed by atoms with Gasteiger partial charge in [-0.15, -0.1) is 0 Å². The number of halogens is 2. The van der Waals surface area contributed by atoms with Crippen molar-refractivity contribution in [1.29, 1.82) is 5.26 Å². The zero-order chi connectivity index (χ0) is 28.2. The topological polar surface area (TPSA) is 58.5 Å². The number of nitriles is 1. The van der Waals surface area contributed by atoms with Crippen molar-refractivity contribution in [2.75, 3.05) is 0 Å². The summed E-state index contributed by atoms with van der Waals surface area (Å²) in [6, 6.07) is 40.2. The fraction of sp³-hybridized carbons (Fsp3) is 0.0286. The maximum atomic E-state index is 10.1. The molecule has 0 bridgehead atoms. The first kappa shape index (κ1) is 26.8. The molecule has 0 radical (unpaired) electrons. The van der Waals surface area contributed by atoms with Crippen LogP contribution >= 0.6 is 31.9 Å². The van der Waals surface area contributed by atoms with E-state index in [9.17, 15) is 5.26 Å². The normalized spacial score (nSPS) is 11.1. The van der Waals surface area contributed by atoms with Gasteiger partial charge in [-0.05, 0) is 71.5 Å². The van der Waals surface area contributed by atoms with E-state index < -0.39 is 0 Å². The smallest absolute Gasteiger partial charge is 0.238 e. The van der Waals surface area contributed by atoms with Crippen molar-refractivity contribution in [3.63, 3.8) is 0 Å². The summed E-state index contributed by atoms with van der Waals surface area (Å²) in [5.74, 6) is 1.57. The standard InChI is InChI=1S/C35H22Br2N2O2/c36-30-18-23(19-31(37)34(30)40-22-27-16-9-15-24-10-7-8-17-28(24)27)21-39-35-29(20-38)32(25-11-3-1-4-12-25)33(41-35)26-13-5-2-6-14-26/h1-19,21H,22H2. The largest absolute Gasteiger partial charge is 0.487 e. The molecule has 0 atom stereocenters. The molecule has 0 N–H and O–H groups in total. The lowest BCUT2D eigenvalue weighted by molar-refractivity contribution is 0.303. The lowest BCUT2D eigenvalue weighted by atomic mass is 9.98. The first-order valence-corrected chi connectivity index (χ1v) is 14.5. The van der Waals surface area contributed by atoms with Crippen LogP contribution in [0.1, 0.15) is 16.7 Å². The molecule has 0 saturated heterocycles. The van der Waals surface area contributed by atoms with Crippen LogP contribution < -0.4 is 4.74 Å². The Labute approximate surface area is 254 Å². The molecule has 0 amide bonds. The van der Waals surface area contributed by atoms with Crippen molar-refractivity contribution in [3.05, 3.63) is 141 Å². The van der Waals surface area contributed by atoms with Crippen LogP contribution in [0.15, 0.2) is 134 Å². The number of nitrogens with zero attached hydrogens (tertiary/aromatic N) is 2. The predicted octanol–water partition coefficient (Wildman–Crippen LogP) is 10.5. The first-order valence-electron chi connectivity index (χ1n) is 12.9. The molecule has 0 aliphatic carbocycles. The summed E-state index contributed by atoms with van der Waals surface area (Å²) in [7, 11) is 0. The minimum atomic E-state index is 0.258. The van der Waals surface area contributed by atoms with E-state index in [4.69, 9.17) is 9.15 Å². The van der Waals surface area contributed by atoms with Gasteiger partial charge in [-0.1, -0.05) is 103 Å². The van der Waals surface area contributed by atoms with Crippen LogP contribution in [0.25, 0.3) is 33.2 Å².